The second-order valence-electron chi connectivity index (χ2n) is 4.46. The minimum absolute atomic E-state index is 0.0576. The molecule has 0 amide bonds. The Morgan fingerprint density at radius 3 is 1.40 bits per heavy atom. The lowest BCUT2D eigenvalue weighted by molar-refractivity contribution is 0.473. The van der Waals surface area contributed by atoms with Gasteiger partial charge in [-0.15, -0.1) is 0 Å². The van der Waals surface area contributed by atoms with E-state index >= 15 is 0 Å². The van der Waals surface area contributed by atoms with Crippen LogP contribution in [0.1, 0.15) is 23.2 Å². The van der Waals surface area contributed by atoms with Gasteiger partial charge in [-0.25, -0.2) is 0 Å². The molecule has 0 spiro atoms. The summed E-state index contributed by atoms with van der Waals surface area (Å²) in [6, 6.07) is 7.85. The molecule has 0 unspecified atom stereocenters. The topological polar surface area (TPSA) is 92.5 Å². The molecule has 0 fully saturated rings. The molecule has 0 aliphatic carbocycles. The summed E-state index contributed by atoms with van der Waals surface area (Å²) >= 11 is 12.1. The van der Waals surface area contributed by atoms with Crippen molar-refractivity contribution in [1.82, 2.24) is 0 Å². The molecule has 2 rings (SSSR count). The standard InChI is InChI=1S/C14H14Cl2N2O2/c15-11-5-7(19)1-3-9(11)13(17)14(18)10-4-2-8(20)6-12(10)16/h1-6,13-14,19-20H,17-18H2/t13-,14+. The monoisotopic (exact) mass is 312 g/mol. The average Bonchev–Trinajstić information content (AvgIpc) is 2.37. The Morgan fingerprint density at radius 2 is 1.10 bits per heavy atom. The molecule has 0 aliphatic heterocycles. The van der Waals surface area contributed by atoms with Crippen LogP contribution in [0, 0.1) is 0 Å². The molecular formula is C14H14Cl2N2O2. The molecule has 0 aliphatic rings. The van der Waals surface area contributed by atoms with Gasteiger partial charge in [-0.2, -0.15) is 0 Å². The maximum absolute atomic E-state index is 9.34. The molecule has 0 radical (unpaired) electrons. The molecule has 106 valence electrons. The third kappa shape index (κ3) is 2.99. The van der Waals surface area contributed by atoms with Crippen molar-refractivity contribution in [3.05, 3.63) is 57.6 Å². The molecule has 4 nitrogen and oxygen atoms in total. The molecular weight excluding hydrogens is 299 g/mol. The van der Waals surface area contributed by atoms with Crippen LogP contribution in [0.2, 0.25) is 10.0 Å². The number of aromatic hydroxyl groups is 2. The molecule has 2 atom stereocenters. The minimum Gasteiger partial charge on any atom is -0.508 e. The Kier molecular flexibility index (Phi) is 4.40. The van der Waals surface area contributed by atoms with Crippen molar-refractivity contribution in [3.63, 3.8) is 0 Å². The summed E-state index contributed by atoms with van der Waals surface area (Å²) < 4.78 is 0. The van der Waals surface area contributed by atoms with Gasteiger partial charge in [-0.05, 0) is 35.4 Å². The Labute approximate surface area is 126 Å². The zero-order valence-electron chi connectivity index (χ0n) is 10.4. The molecule has 0 saturated carbocycles. The van der Waals surface area contributed by atoms with Crippen LogP contribution in [0.15, 0.2) is 36.4 Å². The number of hydrogen-bond donors (Lipinski definition) is 4. The van der Waals surface area contributed by atoms with E-state index < -0.39 is 12.1 Å². The lowest BCUT2D eigenvalue weighted by Gasteiger charge is -2.22. The largest absolute Gasteiger partial charge is 0.508 e. The van der Waals surface area contributed by atoms with Crippen molar-refractivity contribution in [2.75, 3.05) is 0 Å². The van der Waals surface area contributed by atoms with Crippen molar-refractivity contribution in [3.8, 4) is 11.5 Å². The predicted octanol–water partition coefficient (Wildman–Crippen LogP) is 3.10. The number of phenols is 2. The molecule has 6 heteroatoms. The van der Waals surface area contributed by atoms with Crippen LogP contribution in [0.25, 0.3) is 0 Å². The van der Waals surface area contributed by atoms with Gasteiger partial charge in [-0.3, -0.25) is 0 Å². The zero-order chi connectivity index (χ0) is 14.9. The second kappa shape index (κ2) is 5.89. The average molecular weight is 313 g/mol. The van der Waals surface area contributed by atoms with Crippen LogP contribution >= 0.6 is 23.2 Å². The fraction of sp³-hybridized carbons (Fsp3) is 0.143. The number of benzene rings is 2. The van der Waals surface area contributed by atoms with E-state index in [2.05, 4.69) is 0 Å². The minimum atomic E-state index is -0.592. The van der Waals surface area contributed by atoms with Crippen LogP contribution in [0.3, 0.4) is 0 Å². The van der Waals surface area contributed by atoms with Gasteiger partial charge in [0.25, 0.3) is 0 Å². The first-order valence-electron chi connectivity index (χ1n) is 5.88. The van der Waals surface area contributed by atoms with E-state index in [1.54, 1.807) is 12.1 Å². The molecule has 6 N–H and O–H groups in total. The maximum Gasteiger partial charge on any atom is 0.117 e. The van der Waals surface area contributed by atoms with Gasteiger partial charge in [0.2, 0.25) is 0 Å². The highest BCUT2D eigenvalue weighted by atomic mass is 35.5. The fourth-order valence-electron chi connectivity index (χ4n) is 1.96. The number of halogens is 2. The highest BCUT2D eigenvalue weighted by molar-refractivity contribution is 6.32. The SMILES string of the molecule is N[C@H](c1ccc(O)cc1Cl)[C@@H](N)c1ccc(O)cc1Cl. The van der Waals surface area contributed by atoms with Crippen molar-refractivity contribution in [1.29, 1.82) is 0 Å². The van der Waals surface area contributed by atoms with E-state index in [9.17, 15) is 10.2 Å². The normalized spacial score (nSPS) is 14.0. The van der Waals surface area contributed by atoms with Gasteiger partial charge in [0, 0.05) is 10.0 Å². The fourth-order valence-corrected chi connectivity index (χ4v) is 2.56. The van der Waals surface area contributed by atoms with E-state index in [1.165, 1.54) is 24.3 Å². The summed E-state index contributed by atoms with van der Waals surface area (Å²) in [7, 11) is 0. The second-order valence-corrected chi connectivity index (χ2v) is 5.28. The van der Waals surface area contributed by atoms with Crippen molar-refractivity contribution in [2.45, 2.75) is 12.1 Å². The van der Waals surface area contributed by atoms with E-state index in [0.29, 0.717) is 21.2 Å². The first-order valence-corrected chi connectivity index (χ1v) is 6.63. The first-order chi connectivity index (χ1) is 9.40. The summed E-state index contributed by atoms with van der Waals surface area (Å²) in [4.78, 5) is 0. The molecule has 0 aromatic heterocycles. The Morgan fingerprint density at radius 1 is 0.750 bits per heavy atom. The lowest BCUT2D eigenvalue weighted by Crippen LogP contribution is -2.27. The van der Waals surface area contributed by atoms with Crippen molar-refractivity contribution >= 4 is 23.2 Å². The molecule has 2 aromatic rings. The molecule has 0 heterocycles. The van der Waals surface area contributed by atoms with Gasteiger partial charge in [0.15, 0.2) is 0 Å². The van der Waals surface area contributed by atoms with E-state index in [0.717, 1.165) is 0 Å². The van der Waals surface area contributed by atoms with Crippen LogP contribution in [-0.2, 0) is 0 Å². The van der Waals surface area contributed by atoms with Gasteiger partial charge in [0.1, 0.15) is 11.5 Å². The molecule has 0 saturated heterocycles. The quantitative estimate of drug-likeness (QED) is 0.700. The van der Waals surface area contributed by atoms with Gasteiger partial charge in [0.05, 0.1) is 12.1 Å². The van der Waals surface area contributed by atoms with Gasteiger partial charge < -0.3 is 21.7 Å². The summed E-state index contributed by atoms with van der Waals surface area (Å²) in [5.74, 6) is 0.115. The highest BCUT2D eigenvalue weighted by Gasteiger charge is 2.22. The summed E-state index contributed by atoms with van der Waals surface area (Å²) in [5, 5.41) is 19.4. The van der Waals surface area contributed by atoms with Crippen LogP contribution in [0.4, 0.5) is 0 Å². The molecule has 0 bridgehead atoms. The van der Waals surface area contributed by atoms with Crippen LogP contribution in [-0.4, -0.2) is 10.2 Å². The summed E-state index contributed by atoms with van der Waals surface area (Å²) in [6.45, 7) is 0. The third-order valence-corrected chi connectivity index (χ3v) is 3.73. The number of nitrogens with two attached hydrogens (primary N) is 2. The number of rotatable bonds is 3. The van der Waals surface area contributed by atoms with Crippen LogP contribution < -0.4 is 11.5 Å². The molecule has 20 heavy (non-hydrogen) atoms. The first kappa shape index (κ1) is 14.9. The number of phenolic OH excluding ortho intramolecular Hbond substituents is 2. The van der Waals surface area contributed by atoms with E-state index in [-0.39, 0.29) is 11.5 Å². The Balaban J connectivity index is 2.34. The maximum atomic E-state index is 9.34. The van der Waals surface area contributed by atoms with Gasteiger partial charge >= 0.3 is 0 Å². The third-order valence-electron chi connectivity index (χ3n) is 3.07. The zero-order valence-corrected chi connectivity index (χ0v) is 11.9. The Bertz CT molecular complexity index is 579. The predicted molar refractivity (Wildman–Crippen MR) is 80.1 cm³/mol. The van der Waals surface area contributed by atoms with Gasteiger partial charge in [-0.1, -0.05) is 35.3 Å². The Hall–Kier alpha value is -1.46. The smallest absolute Gasteiger partial charge is 0.117 e. The highest BCUT2D eigenvalue weighted by Crippen LogP contribution is 2.35. The van der Waals surface area contributed by atoms with Crippen molar-refractivity contribution in [2.24, 2.45) is 11.5 Å². The van der Waals surface area contributed by atoms with E-state index in [1.807, 2.05) is 0 Å². The lowest BCUT2D eigenvalue weighted by atomic mass is 9.94. The van der Waals surface area contributed by atoms with E-state index in [4.69, 9.17) is 34.7 Å². The molecule has 2 aromatic carbocycles. The van der Waals surface area contributed by atoms with Crippen LogP contribution in [0.5, 0.6) is 11.5 Å². The summed E-state index contributed by atoms with van der Waals surface area (Å²) in [6.07, 6.45) is 0. The summed E-state index contributed by atoms with van der Waals surface area (Å²) in [5.41, 5.74) is 13.5. The number of hydrogen-bond acceptors (Lipinski definition) is 4. The van der Waals surface area contributed by atoms with Crippen molar-refractivity contribution < 1.29 is 10.2 Å².